The topological polar surface area (TPSA) is 37.3 Å². The molecule has 1 aromatic carbocycles. The molecule has 2 nitrogen and oxygen atoms in total. The molecule has 0 atom stereocenters. The molecule has 0 spiro atoms. The van der Waals surface area contributed by atoms with Crippen LogP contribution in [0.5, 0.6) is 5.75 Å². The third-order valence-electron chi connectivity index (χ3n) is 1.62. The van der Waals surface area contributed by atoms with Crippen molar-refractivity contribution in [3.05, 3.63) is 29.3 Å². The van der Waals surface area contributed by atoms with Crippen molar-refractivity contribution in [2.75, 3.05) is 0 Å². The molecule has 0 saturated heterocycles. The molecule has 0 aliphatic heterocycles. The molecule has 0 fully saturated rings. The Morgan fingerprint density at radius 3 is 2.54 bits per heavy atom. The van der Waals surface area contributed by atoms with Crippen molar-refractivity contribution < 1.29 is 18.7 Å². The van der Waals surface area contributed by atoms with E-state index in [4.69, 9.17) is 5.11 Å². The number of alkyl halides is 2. The number of carbonyl (C=O) groups is 1. The van der Waals surface area contributed by atoms with Crippen molar-refractivity contribution in [2.24, 2.45) is 0 Å². The first kappa shape index (κ1) is 9.64. The third kappa shape index (κ3) is 2.02. The molecule has 0 amide bonds. The molecule has 0 radical (unpaired) electrons. The van der Waals surface area contributed by atoms with Gasteiger partial charge in [0.2, 0.25) is 5.78 Å². The molecule has 0 aliphatic rings. The predicted molar refractivity (Wildman–Crippen MR) is 43.2 cm³/mol. The molecule has 1 rings (SSSR count). The molecular formula is C9H8F2O2. The van der Waals surface area contributed by atoms with Gasteiger partial charge in [0, 0.05) is 0 Å². The molecule has 70 valence electrons. The molecule has 4 heteroatoms. The van der Waals surface area contributed by atoms with E-state index in [-0.39, 0.29) is 5.56 Å². The highest BCUT2D eigenvalue weighted by atomic mass is 19.3. The lowest BCUT2D eigenvalue weighted by atomic mass is 10.1. The number of phenolic OH excluding ortho intramolecular Hbond substituents is 1. The highest BCUT2D eigenvalue weighted by Crippen LogP contribution is 2.20. The molecule has 0 unspecified atom stereocenters. The maximum atomic E-state index is 11.9. The third-order valence-corrected chi connectivity index (χ3v) is 1.62. The van der Waals surface area contributed by atoms with Gasteiger partial charge in [-0.3, -0.25) is 4.79 Å². The molecular weight excluding hydrogens is 178 g/mol. The summed E-state index contributed by atoms with van der Waals surface area (Å²) in [5, 5.41) is 9.16. The van der Waals surface area contributed by atoms with Crippen LogP contribution in [0.4, 0.5) is 8.78 Å². The van der Waals surface area contributed by atoms with Gasteiger partial charge < -0.3 is 5.11 Å². The zero-order valence-corrected chi connectivity index (χ0v) is 6.92. The Morgan fingerprint density at radius 2 is 2.08 bits per heavy atom. The largest absolute Gasteiger partial charge is 0.507 e. The van der Waals surface area contributed by atoms with E-state index < -0.39 is 18.0 Å². The van der Waals surface area contributed by atoms with Crippen LogP contribution in [0.15, 0.2) is 18.2 Å². The second kappa shape index (κ2) is 3.51. The summed E-state index contributed by atoms with van der Waals surface area (Å²) in [6, 6.07) is 3.96. The molecule has 0 saturated carbocycles. The smallest absolute Gasteiger partial charge is 0.300 e. The average molecular weight is 186 g/mol. The number of ketones is 1. The minimum absolute atomic E-state index is 0.333. The number of aromatic hydroxyl groups is 1. The molecule has 0 aliphatic carbocycles. The summed E-state index contributed by atoms with van der Waals surface area (Å²) in [6.45, 7) is 1.69. The Hall–Kier alpha value is -1.45. The number of hydrogen-bond acceptors (Lipinski definition) is 2. The van der Waals surface area contributed by atoms with Gasteiger partial charge in [0.05, 0.1) is 5.56 Å². The van der Waals surface area contributed by atoms with Crippen LogP contribution in [0, 0.1) is 6.92 Å². The van der Waals surface area contributed by atoms with Gasteiger partial charge in [-0.25, -0.2) is 8.78 Å². The van der Waals surface area contributed by atoms with Gasteiger partial charge >= 0.3 is 6.43 Å². The Bertz CT molecular complexity index is 334. The number of carbonyl (C=O) groups excluding carboxylic acids is 1. The van der Waals surface area contributed by atoms with Crippen LogP contribution in [-0.4, -0.2) is 17.3 Å². The minimum Gasteiger partial charge on any atom is -0.507 e. The van der Waals surface area contributed by atoms with Crippen molar-refractivity contribution in [3.63, 3.8) is 0 Å². The quantitative estimate of drug-likeness (QED) is 0.718. The first-order valence-electron chi connectivity index (χ1n) is 3.64. The summed E-state index contributed by atoms with van der Waals surface area (Å²) in [7, 11) is 0. The van der Waals surface area contributed by atoms with E-state index in [1.54, 1.807) is 6.92 Å². The zero-order chi connectivity index (χ0) is 10.0. The summed E-state index contributed by atoms with van der Waals surface area (Å²) in [5.41, 5.74) is 0.379. The van der Waals surface area contributed by atoms with E-state index in [9.17, 15) is 13.6 Å². The number of halogens is 2. The summed E-state index contributed by atoms with van der Waals surface area (Å²) < 4.78 is 23.9. The average Bonchev–Trinajstić information content (AvgIpc) is 2.03. The standard InChI is InChI=1S/C9H8F2O2/c1-5-2-3-6(7(12)4-5)8(13)9(10)11/h2-4,9,12H,1H3. The van der Waals surface area contributed by atoms with E-state index in [1.807, 2.05) is 0 Å². The van der Waals surface area contributed by atoms with Crippen molar-refractivity contribution in [1.29, 1.82) is 0 Å². The van der Waals surface area contributed by atoms with E-state index >= 15 is 0 Å². The number of rotatable bonds is 2. The van der Waals surface area contributed by atoms with Gasteiger partial charge in [-0.1, -0.05) is 6.07 Å². The van der Waals surface area contributed by atoms with E-state index in [0.29, 0.717) is 5.56 Å². The van der Waals surface area contributed by atoms with Crippen LogP contribution in [0.2, 0.25) is 0 Å². The van der Waals surface area contributed by atoms with Crippen molar-refractivity contribution >= 4 is 5.78 Å². The molecule has 1 aromatic rings. The molecule has 13 heavy (non-hydrogen) atoms. The molecule has 1 N–H and O–H groups in total. The lowest BCUT2D eigenvalue weighted by molar-refractivity contribution is 0.0675. The van der Waals surface area contributed by atoms with Gasteiger partial charge in [-0.05, 0) is 24.6 Å². The fourth-order valence-electron chi connectivity index (χ4n) is 0.968. The van der Waals surface area contributed by atoms with Crippen LogP contribution in [0.3, 0.4) is 0 Å². The van der Waals surface area contributed by atoms with Gasteiger partial charge in [0.15, 0.2) is 0 Å². The minimum atomic E-state index is -3.08. The van der Waals surface area contributed by atoms with Gasteiger partial charge in [-0.2, -0.15) is 0 Å². The lowest BCUT2D eigenvalue weighted by Crippen LogP contribution is -2.10. The first-order chi connectivity index (χ1) is 6.02. The summed E-state index contributed by atoms with van der Waals surface area (Å²) in [4.78, 5) is 10.8. The molecule has 0 heterocycles. The van der Waals surface area contributed by atoms with Gasteiger partial charge in [-0.15, -0.1) is 0 Å². The van der Waals surface area contributed by atoms with Crippen LogP contribution >= 0.6 is 0 Å². The highest BCUT2D eigenvalue weighted by Gasteiger charge is 2.20. The summed E-state index contributed by atoms with van der Waals surface area (Å²) >= 11 is 0. The Balaban J connectivity index is 3.09. The van der Waals surface area contributed by atoms with Gasteiger partial charge in [0.1, 0.15) is 5.75 Å². The SMILES string of the molecule is Cc1ccc(C(=O)C(F)F)c(O)c1. The molecule has 0 aromatic heterocycles. The zero-order valence-electron chi connectivity index (χ0n) is 6.92. The maximum Gasteiger partial charge on any atom is 0.300 e. The Kier molecular flexibility index (Phi) is 2.60. The fourth-order valence-corrected chi connectivity index (χ4v) is 0.968. The Morgan fingerprint density at radius 1 is 1.46 bits per heavy atom. The van der Waals surface area contributed by atoms with Gasteiger partial charge in [0.25, 0.3) is 0 Å². The fraction of sp³-hybridized carbons (Fsp3) is 0.222. The van der Waals surface area contributed by atoms with Crippen LogP contribution < -0.4 is 0 Å². The van der Waals surface area contributed by atoms with Crippen LogP contribution in [-0.2, 0) is 0 Å². The number of hydrogen-bond donors (Lipinski definition) is 1. The van der Waals surface area contributed by atoms with E-state index in [0.717, 1.165) is 0 Å². The van der Waals surface area contributed by atoms with Crippen molar-refractivity contribution in [2.45, 2.75) is 13.3 Å². The predicted octanol–water partition coefficient (Wildman–Crippen LogP) is 2.15. The highest BCUT2D eigenvalue weighted by molar-refractivity contribution is 6.00. The second-order valence-electron chi connectivity index (χ2n) is 2.69. The van der Waals surface area contributed by atoms with Crippen LogP contribution in [0.25, 0.3) is 0 Å². The lowest BCUT2D eigenvalue weighted by Gasteiger charge is -2.03. The Labute approximate surface area is 73.8 Å². The second-order valence-corrected chi connectivity index (χ2v) is 2.69. The number of aryl methyl sites for hydroxylation is 1. The summed E-state index contributed by atoms with van der Waals surface area (Å²) in [5.74, 6) is -1.75. The molecule has 0 bridgehead atoms. The summed E-state index contributed by atoms with van der Waals surface area (Å²) in [6.07, 6.45) is -3.08. The van der Waals surface area contributed by atoms with E-state index in [2.05, 4.69) is 0 Å². The first-order valence-corrected chi connectivity index (χ1v) is 3.64. The number of phenols is 1. The normalized spacial score (nSPS) is 10.5. The van der Waals surface area contributed by atoms with Crippen LogP contribution in [0.1, 0.15) is 15.9 Å². The van der Waals surface area contributed by atoms with E-state index in [1.165, 1.54) is 18.2 Å². The van der Waals surface area contributed by atoms with Crippen molar-refractivity contribution in [1.82, 2.24) is 0 Å². The monoisotopic (exact) mass is 186 g/mol. The van der Waals surface area contributed by atoms with Crippen molar-refractivity contribution in [3.8, 4) is 5.75 Å². The number of benzene rings is 1. The maximum absolute atomic E-state index is 11.9. The number of Topliss-reactive ketones (excluding diaryl/α,β-unsaturated/α-hetero) is 1.